The maximum atomic E-state index is 9.87. The van der Waals surface area contributed by atoms with Crippen molar-refractivity contribution in [2.75, 3.05) is 26.4 Å². The van der Waals surface area contributed by atoms with Crippen LogP contribution in [0.4, 0.5) is 0 Å². The van der Waals surface area contributed by atoms with Gasteiger partial charge in [0.2, 0.25) is 0 Å². The summed E-state index contributed by atoms with van der Waals surface area (Å²) >= 11 is 0. The second-order valence-electron chi connectivity index (χ2n) is 5.89. The number of likely N-dealkylation sites (tertiary alicyclic amines) is 1. The Hall–Kier alpha value is -0.940. The Morgan fingerprint density at radius 2 is 1.86 bits per heavy atom. The van der Waals surface area contributed by atoms with Gasteiger partial charge in [0.05, 0.1) is 6.61 Å². The van der Waals surface area contributed by atoms with Gasteiger partial charge in [-0.1, -0.05) is 30.3 Å². The summed E-state index contributed by atoms with van der Waals surface area (Å²) in [5.74, 6) is -0.538. The van der Waals surface area contributed by atoms with E-state index in [1.54, 1.807) is 0 Å². The molecular formula is C18H29NO3. The molecule has 2 rings (SSSR count). The molecule has 4 nitrogen and oxygen atoms in total. The molecule has 0 spiro atoms. The first-order valence-corrected chi connectivity index (χ1v) is 8.35. The predicted molar refractivity (Wildman–Crippen MR) is 87.7 cm³/mol. The van der Waals surface area contributed by atoms with Crippen molar-refractivity contribution in [2.45, 2.75) is 51.5 Å². The third-order valence-electron chi connectivity index (χ3n) is 4.57. The molecule has 2 unspecified atom stereocenters. The standard InChI is InChI=1S/C18H29NO3/c1-4-21-18(22-5-2)11-12-19(17(13-18)14-20)15(3)16-9-7-6-8-10-16/h6-10,15,17,20H,4-5,11-14H2,1-3H3. The van der Waals surface area contributed by atoms with E-state index in [9.17, 15) is 5.11 Å². The Kier molecular flexibility index (Phi) is 6.38. The molecule has 1 aliphatic rings. The summed E-state index contributed by atoms with van der Waals surface area (Å²) in [5.41, 5.74) is 1.28. The van der Waals surface area contributed by atoms with Gasteiger partial charge in [-0.05, 0) is 26.3 Å². The maximum Gasteiger partial charge on any atom is 0.171 e. The van der Waals surface area contributed by atoms with Gasteiger partial charge in [0.25, 0.3) is 0 Å². The SMILES string of the molecule is CCOC1(OCC)CCN(C(C)c2ccccc2)C(CO)C1. The molecule has 1 heterocycles. The number of ether oxygens (including phenoxy) is 2. The van der Waals surface area contributed by atoms with Gasteiger partial charge in [-0.25, -0.2) is 0 Å². The number of piperidine rings is 1. The summed E-state index contributed by atoms with van der Waals surface area (Å²) in [5, 5.41) is 9.87. The van der Waals surface area contributed by atoms with Gasteiger partial charge in [-0.15, -0.1) is 0 Å². The first-order valence-electron chi connectivity index (χ1n) is 8.35. The lowest BCUT2D eigenvalue weighted by Gasteiger charge is -2.47. The van der Waals surface area contributed by atoms with Crippen LogP contribution in [0.5, 0.6) is 0 Å². The molecule has 1 aromatic rings. The lowest BCUT2D eigenvalue weighted by atomic mass is 9.92. The molecule has 0 amide bonds. The van der Waals surface area contributed by atoms with Crippen molar-refractivity contribution < 1.29 is 14.6 Å². The summed E-state index contributed by atoms with van der Waals surface area (Å²) in [6.45, 7) is 8.44. The molecule has 1 N–H and O–H groups in total. The Bertz CT molecular complexity index is 431. The average molecular weight is 307 g/mol. The fraction of sp³-hybridized carbons (Fsp3) is 0.667. The third-order valence-corrected chi connectivity index (χ3v) is 4.57. The molecule has 124 valence electrons. The number of benzene rings is 1. The zero-order valence-electron chi connectivity index (χ0n) is 14.0. The van der Waals surface area contributed by atoms with E-state index < -0.39 is 5.79 Å². The molecule has 0 saturated carbocycles. The van der Waals surface area contributed by atoms with Crippen LogP contribution in [0, 0.1) is 0 Å². The first kappa shape index (κ1) is 17.4. The van der Waals surface area contributed by atoms with Crippen molar-refractivity contribution in [3.8, 4) is 0 Å². The normalized spacial score (nSPS) is 23.4. The molecule has 2 atom stereocenters. The average Bonchev–Trinajstić information content (AvgIpc) is 2.55. The van der Waals surface area contributed by atoms with Crippen molar-refractivity contribution in [3.63, 3.8) is 0 Å². The Balaban J connectivity index is 2.12. The molecule has 0 radical (unpaired) electrons. The molecule has 1 aliphatic heterocycles. The molecule has 1 fully saturated rings. The van der Waals surface area contributed by atoms with Crippen molar-refractivity contribution in [1.29, 1.82) is 0 Å². The number of nitrogens with zero attached hydrogens (tertiary/aromatic N) is 1. The summed E-state index contributed by atoms with van der Waals surface area (Å²) < 4.78 is 11.8. The fourth-order valence-corrected chi connectivity index (χ4v) is 3.49. The molecular weight excluding hydrogens is 278 g/mol. The van der Waals surface area contributed by atoms with E-state index in [2.05, 4.69) is 36.1 Å². The van der Waals surface area contributed by atoms with Crippen molar-refractivity contribution in [3.05, 3.63) is 35.9 Å². The lowest BCUT2D eigenvalue weighted by molar-refractivity contribution is -0.265. The van der Waals surface area contributed by atoms with Crippen LogP contribution in [-0.4, -0.2) is 48.2 Å². The minimum atomic E-state index is -0.538. The number of aliphatic hydroxyl groups excluding tert-OH is 1. The number of aliphatic hydroxyl groups is 1. The molecule has 1 saturated heterocycles. The van der Waals surface area contributed by atoms with Gasteiger partial charge in [0.15, 0.2) is 5.79 Å². The van der Waals surface area contributed by atoms with Crippen LogP contribution in [-0.2, 0) is 9.47 Å². The van der Waals surface area contributed by atoms with E-state index in [4.69, 9.17) is 9.47 Å². The number of rotatable bonds is 7. The molecule has 4 heteroatoms. The highest BCUT2D eigenvalue weighted by Gasteiger charge is 2.42. The van der Waals surface area contributed by atoms with Gasteiger partial charge >= 0.3 is 0 Å². The van der Waals surface area contributed by atoms with Crippen LogP contribution in [0.2, 0.25) is 0 Å². The van der Waals surface area contributed by atoms with E-state index in [0.717, 1.165) is 13.0 Å². The van der Waals surface area contributed by atoms with Gasteiger partial charge in [-0.2, -0.15) is 0 Å². The van der Waals surface area contributed by atoms with E-state index in [1.807, 2.05) is 19.9 Å². The highest BCUT2D eigenvalue weighted by molar-refractivity contribution is 5.19. The van der Waals surface area contributed by atoms with E-state index in [1.165, 1.54) is 5.56 Å². The Labute approximate surface area is 134 Å². The molecule has 0 bridgehead atoms. The van der Waals surface area contributed by atoms with Gasteiger partial charge in [0, 0.05) is 44.7 Å². The van der Waals surface area contributed by atoms with E-state index in [-0.39, 0.29) is 18.7 Å². The fourth-order valence-electron chi connectivity index (χ4n) is 3.49. The summed E-state index contributed by atoms with van der Waals surface area (Å²) in [6.07, 6.45) is 1.55. The largest absolute Gasteiger partial charge is 0.395 e. The monoisotopic (exact) mass is 307 g/mol. The van der Waals surface area contributed by atoms with Crippen molar-refractivity contribution in [1.82, 2.24) is 4.90 Å². The van der Waals surface area contributed by atoms with Crippen LogP contribution >= 0.6 is 0 Å². The Morgan fingerprint density at radius 1 is 1.23 bits per heavy atom. The van der Waals surface area contributed by atoms with Crippen LogP contribution in [0.1, 0.15) is 45.2 Å². The van der Waals surface area contributed by atoms with E-state index >= 15 is 0 Å². The van der Waals surface area contributed by atoms with Crippen LogP contribution in [0.25, 0.3) is 0 Å². The third kappa shape index (κ3) is 3.87. The maximum absolute atomic E-state index is 9.87. The number of hydrogen-bond donors (Lipinski definition) is 1. The van der Waals surface area contributed by atoms with Crippen LogP contribution < -0.4 is 0 Å². The topological polar surface area (TPSA) is 41.9 Å². The second kappa shape index (κ2) is 8.06. The summed E-state index contributed by atoms with van der Waals surface area (Å²) in [7, 11) is 0. The Morgan fingerprint density at radius 3 is 2.41 bits per heavy atom. The molecule has 1 aromatic carbocycles. The number of hydrogen-bond acceptors (Lipinski definition) is 4. The minimum absolute atomic E-state index is 0.0575. The van der Waals surface area contributed by atoms with Gasteiger partial charge < -0.3 is 14.6 Å². The summed E-state index contributed by atoms with van der Waals surface area (Å²) in [6, 6.07) is 10.8. The summed E-state index contributed by atoms with van der Waals surface area (Å²) in [4.78, 5) is 2.37. The van der Waals surface area contributed by atoms with Crippen molar-refractivity contribution >= 4 is 0 Å². The van der Waals surface area contributed by atoms with E-state index in [0.29, 0.717) is 19.6 Å². The zero-order valence-corrected chi connectivity index (χ0v) is 14.0. The molecule has 22 heavy (non-hydrogen) atoms. The minimum Gasteiger partial charge on any atom is -0.395 e. The molecule has 0 aromatic heterocycles. The van der Waals surface area contributed by atoms with Crippen LogP contribution in [0.15, 0.2) is 30.3 Å². The van der Waals surface area contributed by atoms with Crippen molar-refractivity contribution in [2.24, 2.45) is 0 Å². The molecule has 0 aliphatic carbocycles. The second-order valence-corrected chi connectivity index (χ2v) is 5.89. The zero-order chi connectivity index (χ0) is 16.0. The van der Waals surface area contributed by atoms with Gasteiger partial charge in [-0.3, -0.25) is 4.90 Å². The quantitative estimate of drug-likeness (QED) is 0.786. The van der Waals surface area contributed by atoms with Gasteiger partial charge in [0.1, 0.15) is 0 Å². The first-order chi connectivity index (χ1) is 10.7. The predicted octanol–water partition coefficient (Wildman–Crippen LogP) is 2.97. The van der Waals surface area contributed by atoms with Crippen LogP contribution in [0.3, 0.4) is 0 Å². The highest BCUT2D eigenvalue weighted by Crippen LogP contribution is 2.36. The highest BCUT2D eigenvalue weighted by atomic mass is 16.7. The lowest BCUT2D eigenvalue weighted by Crippen LogP contribution is -2.54. The smallest absolute Gasteiger partial charge is 0.171 e.